The van der Waals surface area contributed by atoms with Crippen molar-refractivity contribution in [2.45, 2.75) is 32.6 Å². The highest BCUT2D eigenvalue weighted by molar-refractivity contribution is 5.53. The Morgan fingerprint density at radius 1 is 1.44 bits per heavy atom. The number of pyridine rings is 1. The molecule has 0 fully saturated rings. The van der Waals surface area contributed by atoms with Gasteiger partial charge in [-0.25, -0.2) is 0 Å². The van der Waals surface area contributed by atoms with Gasteiger partial charge >= 0.3 is 0 Å². The number of nitrogens with two attached hydrogens (primary N) is 1. The van der Waals surface area contributed by atoms with Crippen LogP contribution in [0.4, 0.5) is 0 Å². The zero-order chi connectivity index (χ0) is 13.2. The molecule has 18 heavy (non-hydrogen) atoms. The van der Waals surface area contributed by atoms with Crippen molar-refractivity contribution in [1.29, 1.82) is 0 Å². The van der Waals surface area contributed by atoms with E-state index in [-0.39, 0.29) is 5.41 Å². The highest BCUT2D eigenvalue weighted by Gasteiger charge is 2.30. The third-order valence-corrected chi connectivity index (χ3v) is 3.39. The Bertz CT molecular complexity index is 531. The summed E-state index contributed by atoms with van der Waals surface area (Å²) in [5.41, 5.74) is 7.29. The molecule has 0 aliphatic heterocycles. The number of hydrogen-bond donors (Lipinski definition) is 1. The predicted molar refractivity (Wildman–Crippen MR) is 69.0 cm³/mol. The average molecular weight is 246 g/mol. The molecule has 2 aromatic heterocycles. The van der Waals surface area contributed by atoms with Crippen LogP contribution < -0.4 is 5.73 Å². The fraction of sp³-hybridized carbons (Fsp3) is 0.462. The fourth-order valence-corrected chi connectivity index (χ4v) is 1.67. The Hall–Kier alpha value is -1.75. The lowest BCUT2D eigenvalue weighted by Gasteiger charge is -2.20. The van der Waals surface area contributed by atoms with E-state index in [9.17, 15) is 0 Å². The zero-order valence-electron chi connectivity index (χ0n) is 11.0. The number of rotatable bonds is 4. The van der Waals surface area contributed by atoms with E-state index in [0.29, 0.717) is 18.3 Å². The van der Waals surface area contributed by atoms with Gasteiger partial charge in [0.2, 0.25) is 11.7 Å². The Balaban J connectivity index is 2.40. The van der Waals surface area contributed by atoms with Crippen LogP contribution in [0, 0.1) is 6.92 Å². The van der Waals surface area contributed by atoms with Crippen molar-refractivity contribution in [1.82, 2.24) is 15.1 Å². The molecule has 0 aliphatic carbocycles. The SMILES string of the molecule is CCC(C)(CN)c1nc(-c2ncccc2C)no1. The van der Waals surface area contributed by atoms with Crippen molar-refractivity contribution >= 4 is 0 Å². The van der Waals surface area contributed by atoms with Crippen molar-refractivity contribution in [2.75, 3.05) is 6.54 Å². The molecule has 96 valence electrons. The number of aromatic nitrogens is 3. The maximum Gasteiger partial charge on any atom is 0.234 e. The van der Waals surface area contributed by atoms with Crippen LogP contribution >= 0.6 is 0 Å². The molecule has 0 saturated carbocycles. The van der Waals surface area contributed by atoms with Gasteiger partial charge in [0.1, 0.15) is 5.69 Å². The predicted octanol–water partition coefficient (Wildman–Crippen LogP) is 2.07. The molecule has 1 atom stereocenters. The van der Waals surface area contributed by atoms with Crippen LogP contribution in [0.2, 0.25) is 0 Å². The standard InChI is InChI=1S/C13H18N4O/c1-4-13(3,8-14)12-16-11(17-18-12)10-9(2)6-5-7-15-10/h5-7H,4,8,14H2,1-3H3. The first-order valence-electron chi connectivity index (χ1n) is 6.07. The van der Waals surface area contributed by atoms with Gasteiger partial charge in [-0.2, -0.15) is 4.98 Å². The van der Waals surface area contributed by atoms with Crippen molar-refractivity contribution in [3.63, 3.8) is 0 Å². The molecular formula is C13H18N4O. The van der Waals surface area contributed by atoms with Crippen LogP contribution in [-0.2, 0) is 5.41 Å². The quantitative estimate of drug-likeness (QED) is 0.893. The molecule has 5 heteroatoms. The normalized spacial score (nSPS) is 14.4. The molecule has 0 aliphatic rings. The second kappa shape index (κ2) is 4.86. The summed E-state index contributed by atoms with van der Waals surface area (Å²) >= 11 is 0. The number of hydrogen-bond acceptors (Lipinski definition) is 5. The summed E-state index contributed by atoms with van der Waals surface area (Å²) in [6.45, 7) is 6.53. The lowest BCUT2D eigenvalue weighted by molar-refractivity contribution is 0.291. The summed E-state index contributed by atoms with van der Waals surface area (Å²) in [7, 11) is 0. The molecule has 0 spiro atoms. The largest absolute Gasteiger partial charge is 0.338 e. The summed E-state index contributed by atoms with van der Waals surface area (Å²) < 4.78 is 5.34. The molecule has 0 saturated heterocycles. The molecule has 1 unspecified atom stereocenters. The lowest BCUT2D eigenvalue weighted by atomic mass is 9.88. The minimum absolute atomic E-state index is 0.270. The van der Waals surface area contributed by atoms with Crippen LogP contribution in [0.15, 0.2) is 22.9 Å². The van der Waals surface area contributed by atoms with Crippen LogP contribution in [-0.4, -0.2) is 21.7 Å². The summed E-state index contributed by atoms with van der Waals surface area (Å²) in [6.07, 6.45) is 2.58. The number of nitrogens with zero attached hydrogens (tertiary/aromatic N) is 3. The van der Waals surface area contributed by atoms with Crippen LogP contribution in [0.1, 0.15) is 31.7 Å². The van der Waals surface area contributed by atoms with E-state index in [1.807, 2.05) is 26.0 Å². The van der Waals surface area contributed by atoms with E-state index >= 15 is 0 Å². The van der Waals surface area contributed by atoms with Gasteiger partial charge in [0.05, 0.1) is 5.41 Å². The van der Waals surface area contributed by atoms with Gasteiger partial charge < -0.3 is 10.3 Å². The topological polar surface area (TPSA) is 77.8 Å². The molecule has 0 aromatic carbocycles. The minimum Gasteiger partial charge on any atom is -0.338 e. The molecule has 2 heterocycles. The van der Waals surface area contributed by atoms with Gasteiger partial charge in [-0.05, 0) is 31.9 Å². The van der Waals surface area contributed by atoms with Crippen molar-refractivity contribution in [3.05, 3.63) is 29.8 Å². The highest BCUT2D eigenvalue weighted by atomic mass is 16.5. The lowest BCUT2D eigenvalue weighted by Crippen LogP contribution is -2.31. The molecule has 2 N–H and O–H groups in total. The molecule has 0 radical (unpaired) electrons. The second-order valence-corrected chi connectivity index (χ2v) is 4.71. The Kier molecular flexibility index (Phi) is 3.43. The van der Waals surface area contributed by atoms with Crippen LogP contribution in [0.25, 0.3) is 11.5 Å². The summed E-state index contributed by atoms with van der Waals surface area (Å²) in [5, 5.41) is 4.01. The minimum atomic E-state index is -0.270. The molecule has 2 rings (SSSR count). The van der Waals surface area contributed by atoms with Gasteiger partial charge in [0, 0.05) is 12.7 Å². The maximum absolute atomic E-state index is 5.78. The van der Waals surface area contributed by atoms with E-state index in [2.05, 4.69) is 22.0 Å². The van der Waals surface area contributed by atoms with Gasteiger partial charge in [-0.3, -0.25) is 4.98 Å². The van der Waals surface area contributed by atoms with Crippen LogP contribution in [0.3, 0.4) is 0 Å². The van der Waals surface area contributed by atoms with Crippen molar-refractivity contribution in [3.8, 4) is 11.5 Å². The fourth-order valence-electron chi connectivity index (χ4n) is 1.67. The monoisotopic (exact) mass is 246 g/mol. The van der Waals surface area contributed by atoms with E-state index in [4.69, 9.17) is 10.3 Å². The van der Waals surface area contributed by atoms with E-state index in [1.54, 1.807) is 6.20 Å². The number of aryl methyl sites for hydroxylation is 1. The van der Waals surface area contributed by atoms with Crippen LogP contribution in [0.5, 0.6) is 0 Å². The molecule has 2 aromatic rings. The first kappa shape index (κ1) is 12.7. The first-order chi connectivity index (χ1) is 8.60. The zero-order valence-corrected chi connectivity index (χ0v) is 11.0. The summed E-state index contributed by atoms with van der Waals surface area (Å²) in [4.78, 5) is 8.71. The smallest absolute Gasteiger partial charge is 0.234 e. The Morgan fingerprint density at radius 3 is 2.83 bits per heavy atom. The van der Waals surface area contributed by atoms with Crippen molar-refractivity contribution < 1.29 is 4.52 Å². The van der Waals surface area contributed by atoms with E-state index in [1.165, 1.54) is 0 Å². The molecule has 5 nitrogen and oxygen atoms in total. The third-order valence-electron chi connectivity index (χ3n) is 3.39. The van der Waals surface area contributed by atoms with Crippen molar-refractivity contribution in [2.24, 2.45) is 5.73 Å². The van der Waals surface area contributed by atoms with E-state index in [0.717, 1.165) is 17.7 Å². The van der Waals surface area contributed by atoms with E-state index < -0.39 is 0 Å². The Morgan fingerprint density at radius 2 is 2.22 bits per heavy atom. The van der Waals surface area contributed by atoms with Gasteiger partial charge in [-0.1, -0.05) is 18.1 Å². The highest BCUT2D eigenvalue weighted by Crippen LogP contribution is 2.27. The molecule has 0 amide bonds. The summed E-state index contributed by atoms with van der Waals surface area (Å²) in [6, 6.07) is 3.86. The molecular weight excluding hydrogens is 228 g/mol. The molecule has 0 bridgehead atoms. The van der Waals surface area contributed by atoms with Gasteiger partial charge in [-0.15, -0.1) is 0 Å². The third kappa shape index (κ3) is 2.13. The average Bonchev–Trinajstić information content (AvgIpc) is 2.88. The Labute approximate surface area is 106 Å². The second-order valence-electron chi connectivity index (χ2n) is 4.71. The first-order valence-corrected chi connectivity index (χ1v) is 6.07. The van der Waals surface area contributed by atoms with Gasteiger partial charge in [0.25, 0.3) is 0 Å². The van der Waals surface area contributed by atoms with Gasteiger partial charge in [0.15, 0.2) is 0 Å². The summed E-state index contributed by atoms with van der Waals surface area (Å²) in [5.74, 6) is 1.10. The maximum atomic E-state index is 5.78.